The minimum Gasteiger partial charge on any atom is -0.462 e. The summed E-state index contributed by atoms with van der Waals surface area (Å²) in [6.45, 7) is 5.01. The van der Waals surface area contributed by atoms with Crippen LogP contribution in [0.2, 0.25) is 0 Å². The number of rotatable bonds is 23. The highest BCUT2D eigenvalue weighted by atomic mass is 33.1. The summed E-state index contributed by atoms with van der Waals surface area (Å²) in [4.78, 5) is 57.1. The first-order valence-electron chi connectivity index (χ1n) is 16.8. The molecule has 2 rings (SSSR count). The minimum atomic E-state index is -0.475. The van der Waals surface area contributed by atoms with E-state index in [1.165, 1.54) is 53.0 Å². The molecule has 2 aliphatic rings. The Morgan fingerprint density at radius 2 is 0.920 bits per heavy atom. The van der Waals surface area contributed by atoms with Gasteiger partial charge in [0.1, 0.15) is 26.4 Å². The zero-order chi connectivity index (χ0) is 36.4. The minimum absolute atomic E-state index is 0.148. The van der Waals surface area contributed by atoms with Gasteiger partial charge in [-0.3, -0.25) is 0 Å². The number of hydrogen-bond donors (Lipinski definition) is 0. The molecule has 0 bridgehead atoms. The molecule has 16 heteroatoms. The third kappa shape index (κ3) is 20.3. The van der Waals surface area contributed by atoms with Crippen molar-refractivity contribution in [2.24, 2.45) is 0 Å². The second-order valence-corrected chi connectivity index (χ2v) is 15.2. The van der Waals surface area contributed by atoms with Crippen LogP contribution in [0.4, 0.5) is 0 Å². The van der Waals surface area contributed by atoms with Crippen molar-refractivity contribution in [1.82, 2.24) is 19.6 Å². The molecule has 282 valence electrons. The van der Waals surface area contributed by atoms with E-state index < -0.39 is 23.9 Å². The Balaban J connectivity index is 1.69. The van der Waals surface area contributed by atoms with Crippen LogP contribution in [0.15, 0.2) is 49.1 Å². The lowest BCUT2D eigenvalue weighted by molar-refractivity contribution is -0.139. The van der Waals surface area contributed by atoms with E-state index in [1.807, 2.05) is 16.1 Å². The van der Waals surface area contributed by atoms with Gasteiger partial charge in [-0.25, -0.2) is 19.2 Å². The number of nitrogens with zero attached hydrogens (tertiary/aromatic N) is 4. The van der Waals surface area contributed by atoms with E-state index in [1.54, 1.807) is 36.6 Å². The lowest BCUT2D eigenvalue weighted by atomic mass is 10.0. The van der Waals surface area contributed by atoms with Crippen LogP contribution in [0.1, 0.15) is 25.7 Å². The first-order valence-corrected chi connectivity index (χ1v) is 20.6. The molecular formula is C34H54N4O9S3. The van der Waals surface area contributed by atoms with Gasteiger partial charge in [0.15, 0.2) is 0 Å². The zero-order valence-corrected chi connectivity index (χ0v) is 32.2. The molecular weight excluding hydrogens is 705 g/mol. The van der Waals surface area contributed by atoms with Crippen LogP contribution in [0.5, 0.6) is 0 Å². The fourth-order valence-electron chi connectivity index (χ4n) is 4.87. The Kier molecular flexibility index (Phi) is 23.6. The van der Waals surface area contributed by atoms with Crippen molar-refractivity contribution in [3.8, 4) is 0 Å². The normalized spacial score (nSPS) is 16.8. The lowest BCUT2D eigenvalue weighted by Crippen LogP contribution is -2.39. The second-order valence-electron chi connectivity index (χ2n) is 11.5. The molecule has 0 aromatic heterocycles. The van der Waals surface area contributed by atoms with Crippen LogP contribution in [-0.4, -0.2) is 159 Å². The summed E-state index contributed by atoms with van der Waals surface area (Å²) in [7, 11) is 8.73. The SMILES string of the molecule is COCCOC(=O)/C=C/N(/C=C/C(=O)OCCSSCCOC(=O)/C=C/N(/C=C/C(=O)OCCSC)C1CCN(C)CC1)C1CCN(C)CC1. The van der Waals surface area contributed by atoms with E-state index in [0.717, 1.165) is 57.6 Å². The van der Waals surface area contributed by atoms with E-state index in [4.69, 9.17) is 23.7 Å². The number of carbonyl (C=O) groups is 4. The second kappa shape index (κ2) is 27.1. The number of hydrogen-bond acceptors (Lipinski definition) is 16. The van der Waals surface area contributed by atoms with Gasteiger partial charge in [-0.2, -0.15) is 11.8 Å². The zero-order valence-electron chi connectivity index (χ0n) is 29.8. The predicted octanol–water partition coefficient (Wildman–Crippen LogP) is 3.40. The monoisotopic (exact) mass is 758 g/mol. The Morgan fingerprint density at radius 3 is 1.26 bits per heavy atom. The van der Waals surface area contributed by atoms with Gasteiger partial charge in [-0.1, -0.05) is 21.6 Å². The first-order chi connectivity index (χ1) is 24.2. The van der Waals surface area contributed by atoms with E-state index >= 15 is 0 Å². The molecule has 0 atom stereocenters. The number of piperidine rings is 2. The van der Waals surface area contributed by atoms with Crippen LogP contribution in [-0.2, 0) is 42.9 Å². The third-order valence-electron chi connectivity index (χ3n) is 7.72. The highest BCUT2D eigenvalue weighted by Gasteiger charge is 2.21. The maximum absolute atomic E-state index is 12.4. The highest BCUT2D eigenvalue weighted by Crippen LogP contribution is 2.21. The average molecular weight is 759 g/mol. The molecule has 0 aromatic rings. The summed E-state index contributed by atoms with van der Waals surface area (Å²) in [5.41, 5.74) is 0. The van der Waals surface area contributed by atoms with Gasteiger partial charge < -0.3 is 43.3 Å². The van der Waals surface area contributed by atoms with Crippen LogP contribution in [0, 0.1) is 0 Å². The molecule has 2 heterocycles. The molecule has 2 aliphatic heterocycles. The van der Waals surface area contributed by atoms with Crippen molar-refractivity contribution in [3.63, 3.8) is 0 Å². The number of ether oxygens (including phenoxy) is 5. The van der Waals surface area contributed by atoms with Crippen molar-refractivity contribution >= 4 is 57.2 Å². The first kappa shape index (κ1) is 43.5. The van der Waals surface area contributed by atoms with Crippen LogP contribution in [0.25, 0.3) is 0 Å². The summed E-state index contributed by atoms with van der Waals surface area (Å²) in [6.07, 6.45) is 17.7. The molecule has 13 nitrogen and oxygen atoms in total. The fourth-order valence-corrected chi connectivity index (χ4v) is 6.78. The molecule has 0 spiro atoms. The summed E-state index contributed by atoms with van der Waals surface area (Å²) in [5, 5.41) is 0. The summed E-state index contributed by atoms with van der Waals surface area (Å²) >= 11 is 1.61. The Bertz CT molecular complexity index is 1040. The van der Waals surface area contributed by atoms with Crippen molar-refractivity contribution in [1.29, 1.82) is 0 Å². The van der Waals surface area contributed by atoms with E-state index in [0.29, 0.717) is 24.7 Å². The van der Waals surface area contributed by atoms with Crippen molar-refractivity contribution in [2.45, 2.75) is 37.8 Å². The number of esters is 4. The molecule has 0 aliphatic carbocycles. The standard InChI is InChI=1S/C34H54N4O9S3/c1-35-13-5-29(6-14-35)37(17-9-31(39)44-22-21-43-3)19-11-33(41)46-24-27-49-50-28-25-47-34(42)12-20-38(30-7-15-36(2)16-8-30)18-10-32(40)45-23-26-48-4/h9-12,17-20,29-30H,5-8,13-16,21-28H2,1-4H3/b17-9+,18-10+,19-11+,20-12+. The van der Waals surface area contributed by atoms with Crippen molar-refractivity contribution in [2.75, 3.05) is 104 Å². The summed E-state index contributed by atoms with van der Waals surface area (Å²) in [6, 6.07) is 0.314. The van der Waals surface area contributed by atoms with Crippen LogP contribution < -0.4 is 0 Å². The molecule has 0 amide bonds. The fraction of sp³-hybridized carbons (Fsp3) is 0.647. The lowest BCUT2D eigenvalue weighted by Gasteiger charge is -2.34. The third-order valence-corrected chi connectivity index (χ3v) is 10.6. The molecule has 50 heavy (non-hydrogen) atoms. The van der Waals surface area contributed by atoms with E-state index in [9.17, 15) is 19.2 Å². The smallest absolute Gasteiger partial charge is 0.332 e. The topological polar surface area (TPSA) is 127 Å². The van der Waals surface area contributed by atoms with Gasteiger partial charge in [-0.15, -0.1) is 0 Å². The quantitative estimate of drug-likeness (QED) is 0.0496. The molecule has 2 fully saturated rings. The molecule has 0 unspecified atom stereocenters. The Hall–Kier alpha value is -2.63. The van der Waals surface area contributed by atoms with Gasteiger partial charge in [0.05, 0.1) is 6.61 Å². The van der Waals surface area contributed by atoms with Gasteiger partial charge >= 0.3 is 23.9 Å². The summed E-state index contributed by atoms with van der Waals surface area (Å²) < 4.78 is 25.9. The maximum Gasteiger partial charge on any atom is 0.332 e. The predicted molar refractivity (Wildman–Crippen MR) is 200 cm³/mol. The Morgan fingerprint density at radius 1 is 0.580 bits per heavy atom. The van der Waals surface area contributed by atoms with Gasteiger partial charge in [-0.05, 0) is 72.2 Å². The average Bonchev–Trinajstić information content (AvgIpc) is 3.10. The number of carbonyl (C=O) groups excluding carboxylic acids is 4. The number of methoxy groups -OCH3 is 1. The summed E-state index contributed by atoms with van der Waals surface area (Å²) in [5.74, 6) is 0.0647. The molecule has 0 aromatic carbocycles. The highest BCUT2D eigenvalue weighted by molar-refractivity contribution is 8.76. The number of likely N-dealkylation sites (tertiary alicyclic amines) is 2. The number of thioether (sulfide) groups is 1. The Labute approximate surface area is 309 Å². The van der Waals surface area contributed by atoms with Crippen molar-refractivity contribution in [3.05, 3.63) is 49.1 Å². The molecule has 0 radical (unpaired) electrons. The van der Waals surface area contributed by atoms with Gasteiger partial charge in [0.25, 0.3) is 0 Å². The molecule has 0 N–H and O–H groups in total. The molecule has 0 saturated carbocycles. The maximum atomic E-state index is 12.4. The molecule has 2 saturated heterocycles. The van der Waals surface area contributed by atoms with Crippen molar-refractivity contribution < 1.29 is 42.9 Å². The van der Waals surface area contributed by atoms with E-state index in [-0.39, 0.29) is 31.9 Å². The van der Waals surface area contributed by atoms with Crippen LogP contribution in [0.3, 0.4) is 0 Å². The van der Waals surface area contributed by atoms with E-state index in [2.05, 4.69) is 23.9 Å². The van der Waals surface area contributed by atoms with Gasteiger partial charge in [0, 0.05) is 85.6 Å². The largest absolute Gasteiger partial charge is 0.462 e. The van der Waals surface area contributed by atoms with Gasteiger partial charge in [0.2, 0.25) is 0 Å². The van der Waals surface area contributed by atoms with Crippen LogP contribution >= 0.6 is 33.3 Å².